The van der Waals surface area contributed by atoms with Crippen LogP contribution < -0.4 is 10.6 Å². The first-order chi connectivity index (χ1) is 9.46. The van der Waals surface area contributed by atoms with Gasteiger partial charge in [0.2, 0.25) is 0 Å². The average Bonchev–Trinajstić information content (AvgIpc) is 2.67. The molecule has 1 amide bonds. The first kappa shape index (κ1) is 15.1. The smallest absolute Gasteiger partial charge is 0.407 e. The summed E-state index contributed by atoms with van der Waals surface area (Å²) in [6, 6.07) is 0.641. The molecule has 4 nitrogen and oxygen atoms in total. The predicted octanol–water partition coefficient (Wildman–Crippen LogP) is 2.62. The summed E-state index contributed by atoms with van der Waals surface area (Å²) in [7, 11) is 0. The van der Waals surface area contributed by atoms with E-state index in [1.807, 2.05) is 26.8 Å². The summed E-state index contributed by atoms with van der Waals surface area (Å²) < 4.78 is 5.15. The fraction of sp³-hybridized carbons (Fsp3) is 0.688. The Kier molecular flexibility index (Phi) is 4.86. The zero-order chi connectivity index (χ0) is 14.6. The number of nitrogens with one attached hydrogen (secondary N) is 2. The molecule has 0 aromatic rings. The summed E-state index contributed by atoms with van der Waals surface area (Å²) >= 11 is 0. The van der Waals surface area contributed by atoms with E-state index in [-0.39, 0.29) is 6.09 Å². The van der Waals surface area contributed by atoms with E-state index < -0.39 is 5.60 Å². The first-order valence-corrected chi connectivity index (χ1v) is 7.47. The fourth-order valence-electron chi connectivity index (χ4n) is 2.79. The number of ether oxygens (including phenoxy) is 1. The summed E-state index contributed by atoms with van der Waals surface area (Å²) in [5.74, 6) is 1.65. The van der Waals surface area contributed by atoms with Gasteiger partial charge in [0.25, 0.3) is 0 Å². The van der Waals surface area contributed by atoms with E-state index in [9.17, 15) is 4.79 Å². The van der Waals surface area contributed by atoms with Crippen molar-refractivity contribution in [3.8, 4) is 0 Å². The standard InChI is InChI=1S/C16H26N2O2/c1-16(2,3)20-15(19)18-10-5-4-9-17-14-11-12-7-6-8-13(12)14/h4-6,8,12-14,17H,7,9-11H2,1-3H3,(H,18,19)/b5-4+. The summed E-state index contributed by atoms with van der Waals surface area (Å²) in [6.07, 6.45) is 10.9. The van der Waals surface area contributed by atoms with Crippen molar-refractivity contribution in [2.75, 3.05) is 13.1 Å². The Balaban J connectivity index is 1.52. The van der Waals surface area contributed by atoms with Crippen LogP contribution >= 0.6 is 0 Å². The molecule has 20 heavy (non-hydrogen) atoms. The van der Waals surface area contributed by atoms with Gasteiger partial charge in [0.1, 0.15) is 5.60 Å². The number of hydrogen-bond acceptors (Lipinski definition) is 3. The normalized spacial score (nSPS) is 28.2. The number of rotatable bonds is 5. The van der Waals surface area contributed by atoms with E-state index in [4.69, 9.17) is 4.74 Å². The molecule has 0 bridgehead atoms. The van der Waals surface area contributed by atoms with Crippen LogP contribution in [-0.2, 0) is 4.74 Å². The second-order valence-corrected chi connectivity index (χ2v) is 6.61. The quantitative estimate of drug-likeness (QED) is 0.760. The lowest BCUT2D eigenvalue weighted by molar-refractivity contribution is 0.0534. The molecule has 1 saturated carbocycles. The largest absolute Gasteiger partial charge is 0.444 e. The molecule has 3 unspecified atom stereocenters. The zero-order valence-electron chi connectivity index (χ0n) is 12.7. The molecule has 0 aromatic carbocycles. The lowest BCUT2D eigenvalue weighted by Gasteiger charge is -2.40. The van der Waals surface area contributed by atoms with E-state index in [0.29, 0.717) is 12.6 Å². The maximum Gasteiger partial charge on any atom is 0.407 e. The third-order valence-corrected chi connectivity index (χ3v) is 3.79. The molecule has 3 atom stereocenters. The summed E-state index contributed by atoms with van der Waals surface area (Å²) in [6.45, 7) is 6.94. The fourth-order valence-corrected chi connectivity index (χ4v) is 2.79. The molecule has 2 rings (SSSR count). The van der Waals surface area contributed by atoms with Crippen LogP contribution in [0.3, 0.4) is 0 Å². The maximum absolute atomic E-state index is 11.4. The zero-order valence-corrected chi connectivity index (χ0v) is 12.7. The molecule has 0 aromatic heterocycles. The SMILES string of the molecule is CC(C)(C)OC(=O)NC/C=C/CNC1CC2CC=CC21. The Morgan fingerprint density at radius 3 is 2.80 bits per heavy atom. The molecule has 0 spiro atoms. The molecule has 0 saturated heterocycles. The molecule has 2 aliphatic rings. The lowest BCUT2D eigenvalue weighted by atomic mass is 9.71. The Morgan fingerprint density at radius 1 is 1.35 bits per heavy atom. The average molecular weight is 278 g/mol. The van der Waals surface area contributed by atoms with Crippen LogP contribution in [0, 0.1) is 11.8 Å². The molecule has 1 fully saturated rings. The van der Waals surface area contributed by atoms with Gasteiger partial charge in [-0.25, -0.2) is 4.79 Å². The Hall–Kier alpha value is -1.29. The van der Waals surface area contributed by atoms with Gasteiger partial charge in [0.05, 0.1) is 0 Å². The van der Waals surface area contributed by atoms with Gasteiger partial charge in [0.15, 0.2) is 0 Å². The van der Waals surface area contributed by atoms with Gasteiger partial charge in [-0.2, -0.15) is 0 Å². The molecule has 4 heteroatoms. The molecular formula is C16H26N2O2. The van der Waals surface area contributed by atoms with Crippen LogP contribution in [0.1, 0.15) is 33.6 Å². The van der Waals surface area contributed by atoms with Gasteiger partial charge in [-0.15, -0.1) is 0 Å². The molecule has 0 radical (unpaired) electrons. The van der Waals surface area contributed by atoms with Gasteiger partial charge < -0.3 is 15.4 Å². The summed E-state index contributed by atoms with van der Waals surface area (Å²) in [4.78, 5) is 11.4. The highest BCUT2D eigenvalue weighted by molar-refractivity contribution is 5.67. The van der Waals surface area contributed by atoms with Crippen molar-refractivity contribution >= 4 is 6.09 Å². The van der Waals surface area contributed by atoms with Gasteiger partial charge in [-0.05, 0) is 45.4 Å². The van der Waals surface area contributed by atoms with E-state index in [1.165, 1.54) is 12.8 Å². The minimum absolute atomic E-state index is 0.368. The molecule has 2 N–H and O–H groups in total. The van der Waals surface area contributed by atoms with Crippen LogP contribution in [0.2, 0.25) is 0 Å². The molecule has 0 heterocycles. The Morgan fingerprint density at radius 2 is 2.10 bits per heavy atom. The molecule has 112 valence electrons. The van der Waals surface area contributed by atoms with Crippen LogP contribution in [0.5, 0.6) is 0 Å². The van der Waals surface area contributed by atoms with E-state index in [0.717, 1.165) is 18.4 Å². The van der Waals surface area contributed by atoms with Crippen molar-refractivity contribution in [3.05, 3.63) is 24.3 Å². The second-order valence-electron chi connectivity index (χ2n) is 6.61. The summed E-state index contributed by atoms with van der Waals surface area (Å²) in [5, 5.41) is 6.24. The third-order valence-electron chi connectivity index (χ3n) is 3.79. The van der Waals surface area contributed by atoms with Gasteiger partial charge in [-0.1, -0.05) is 24.3 Å². The van der Waals surface area contributed by atoms with Crippen molar-refractivity contribution in [1.82, 2.24) is 10.6 Å². The topological polar surface area (TPSA) is 50.4 Å². The number of alkyl carbamates (subject to hydrolysis) is 1. The maximum atomic E-state index is 11.4. The number of amides is 1. The summed E-state index contributed by atoms with van der Waals surface area (Å²) in [5.41, 5.74) is -0.440. The van der Waals surface area contributed by atoms with E-state index in [1.54, 1.807) is 0 Å². The van der Waals surface area contributed by atoms with Crippen molar-refractivity contribution in [2.45, 2.75) is 45.3 Å². The highest BCUT2D eigenvalue weighted by atomic mass is 16.6. The monoisotopic (exact) mass is 278 g/mol. The van der Waals surface area contributed by atoms with Gasteiger partial charge in [-0.3, -0.25) is 0 Å². The Bertz CT molecular complexity index is 396. The van der Waals surface area contributed by atoms with Gasteiger partial charge in [0, 0.05) is 19.1 Å². The van der Waals surface area contributed by atoms with E-state index in [2.05, 4.69) is 28.9 Å². The van der Waals surface area contributed by atoms with Crippen molar-refractivity contribution in [1.29, 1.82) is 0 Å². The number of fused-ring (bicyclic) bond motifs is 1. The number of carbonyl (C=O) groups is 1. The third kappa shape index (κ3) is 4.37. The number of allylic oxidation sites excluding steroid dienone is 1. The van der Waals surface area contributed by atoms with Crippen LogP contribution in [-0.4, -0.2) is 30.8 Å². The second kappa shape index (κ2) is 6.44. The van der Waals surface area contributed by atoms with Crippen molar-refractivity contribution in [3.63, 3.8) is 0 Å². The van der Waals surface area contributed by atoms with Crippen LogP contribution in [0.4, 0.5) is 4.79 Å². The highest BCUT2D eigenvalue weighted by Crippen LogP contribution is 2.42. The van der Waals surface area contributed by atoms with Crippen LogP contribution in [0.25, 0.3) is 0 Å². The molecular weight excluding hydrogens is 252 g/mol. The predicted molar refractivity (Wildman–Crippen MR) is 80.5 cm³/mol. The molecule has 2 aliphatic carbocycles. The number of hydrogen-bond donors (Lipinski definition) is 2. The van der Waals surface area contributed by atoms with Crippen molar-refractivity contribution in [2.24, 2.45) is 11.8 Å². The Labute approximate surface area is 121 Å². The van der Waals surface area contributed by atoms with E-state index >= 15 is 0 Å². The first-order valence-electron chi connectivity index (χ1n) is 7.47. The van der Waals surface area contributed by atoms with Crippen LogP contribution in [0.15, 0.2) is 24.3 Å². The lowest BCUT2D eigenvalue weighted by Crippen LogP contribution is -2.48. The van der Waals surface area contributed by atoms with Crippen molar-refractivity contribution < 1.29 is 9.53 Å². The minimum Gasteiger partial charge on any atom is -0.444 e. The minimum atomic E-state index is -0.440. The van der Waals surface area contributed by atoms with Gasteiger partial charge >= 0.3 is 6.09 Å². The molecule has 0 aliphatic heterocycles. The number of carbonyl (C=O) groups excluding carboxylic acids is 1. The highest BCUT2D eigenvalue weighted by Gasteiger charge is 2.40.